The second kappa shape index (κ2) is 11.7. The van der Waals surface area contributed by atoms with Crippen LogP contribution in [0.5, 0.6) is 40.2 Å². The summed E-state index contributed by atoms with van der Waals surface area (Å²) in [5, 5.41) is 1.11. The summed E-state index contributed by atoms with van der Waals surface area (Å²) in [6.07, 6.45) is 0.510. The predicted molar refractivity (Wildman–Crippen MR) is 168 cm³/mol. The molecule has 0 radical (unpaired) electrons. The molecule has 0 spiro atoms. The number of carbonyl (C=O) groups excluding carboxylic acids is 2. The zero-order chi connectivity index (χ0) is 32.9. The van der Waals surface area contributed by atoms with Gasteiger partial charge in [0.05, 0.1) is 41.2 Å². The molecule has 1 aliphatic rings. The number of fused-ring (bicyclic) bond motifs is 7. The Kier molecular flexibility index (Phi) is 7.72. The number of esters is 2. The van der Waals surface area contributed by atoms with Crippen molar-refractivity contribution in [3.05, 3.63) is 52.4 Å². The predicted octanol–water partition coefficient (Wildman–Crippen LogP) is 5.53. The summed E-state index contributed by atoms with van der Waals surface area (Å²) in [6, 6.07) is 10.2. The lowest BCUT2D eigenvalue weighted by molar-refractivity contribution is -0.132. The van der Waals surface area contributed by atoms with Crippen LogP contribution in [0.2, 0.25) is 0 Å². The smallest absolute Gasteiger partial charge is 0.361 e. The minimum Gasteiger partial charge on any atom is -0.493 e. The summed E-state index contributed by atoms with van der Waals surface area (Å²) in [7, 11) is 7.58. The molecule has 5 aromatic rings. The highest BCUT2D eigenvalue weighted by molar-refractivity contribution is 6.17. The van der Waals surface area contributed by atoms with Crippen LogP contribution in [0.3, 0.4) is 0 Å². The molecule has 12 heteroatoms. The highest BCUT2D eigenvalue weighted by atomic mass is 16.6. The third kappa shape index (κ3) is 4.73. The summed E-state index contributed by atoms with van der Waals surface area (Å²) >= 11 is 0. The van der Waals surface area contributed by atoms with Crippen molar-refractivity contribution in [3.8, 4) is 62.6 Å². The molecule has 0 bridgehead atoms. The minimum absolute atomic E-state index is 0.106. The number of methoxy groups -OCH3 is 5. The highest BCUT2D eigenvalue weighted by Gasteiger charge is 2.33. The fraction of sp³-hybridized carbons (Fsp3) is 0.265. The van der Waals surface area contributed by atoms with E-state index in [1.165, 1.54) is 41.2 Å². The largest absolute Gasteiger partial charge is 0.493 e. The topological polar surface area (TPSA) is 134 Å². The molecule has 238 valence electrons. The van der Waals surface area contributed by atoms with Gasteiger partial charge in [-0.15, -0.1) is 0 Å². The maximum Gasteiger partial charge on any atom is 0.361 e. The van der Waals surface area contributed by atoms with Crippen LogP contribution in [0.25, 0.3) is 44.3 Å². The molecule has 0 unspecified atom stereocenters. The fourth-order valence-corrected chi connectivity index (χ4v) is 6.20. The van der Waals surface area contributed by atoms with Gasteiger partial charge in [-0.1, -0.05) is 6.07 Å². The molecule has 2 aromatic heterocycles. The van der Waals surface area contributed by atoms with Crippen molar-refractivity contribution in [2.24, 2.45) is 0 Å². The zero-order valence-electron chi connectivity index (χ0n) is 26.3. The molecule has 1 aliphatic heterocycles. The number of rotatable bonds is 8. The first-order valence-corrected chi connectivity index (χ1v) is 14.2. The molecule has 0 atom stereocenters. The standard InChI is InChI=1S/C34H31NO11/c1-16(36)44-22-9-8-18(12-24(22)39-3)28-29-21-14-25(40-4)26(45-17(2)37)15-23(21)46-34(38)31(29)35-11-10-19-20(30(28)35)13-27(41-5)33(43-7)32(19)42-6/h8-9,12-15H,10-11H2,1-7H3. The summed E-state index contributed by atoms with van der Waals surface area (Å²) < 4.78 is 47.0. The van der Waals surface area contributed by atoms with Gasteiger partial charge >= 0.3 is 17.6 Å². The van der Waals surface area contributed by atoms with Crippen LogP contribution >= 0.6 is 0 Å². The Labute approximate surface area is 262 Å². The molecular formula is C34H31NO11. The van der Waals surface area contributed by atoms with Gasteiger partial charge in [-0.2, -0.15) is 0 Å². The van der Waals surface area contributed by atoms with E-state index in [9.17, 15) is 14.4 Å². The number of hydrogen-bond donors (Lipinski definition) is 0. The summed E-state index contributed by atoms with van der Waals surface area (Å²) in [6.45, 7) is 2.98. The van der Waals surface area contributed by atoms with Crippen LogP contribution in [-0.4, -0.2) is 52.1 Å². The number of benzene rings is 3. The highest BCUT2D eigenvalue weighted by Crippen LogP contribution is 2.53. The Morgan fingerprint density at radius 2 is 1.39 bits per heavy atom. The van der Waals surface area contributed by atoms with Crippen molar-refractivity contribution in [1.82, 2.24) is 4.57 Å². The van der Waals surface area contributed by atoms with Crippen LogP contribution in [0.1, 0.15) is 19.4 Å². The fourth-order valence-electron chi connectivity index (χ4n) is 6.20. The van der Waals surface area contributed by atoms with Crippen molar-refractivity contribution in [2.75, 3.05) is 35.5 Å². The second-order valence-corrected chi connectivity index (χ2v) is 10.5. The average Bonchev–Trinajstić information content (AvgIpc) is 3.39. The van der Waals surface area contributed by atoms with Gasteiger partial charge in [-0.3, -0.25) is 9.59 Å². The first-order valence-electron chi connectivity index (χ1n) is 14.2. The SMILES string of the molecule is COc1cc(-c2c3n(c4c(=O)oc5cc(OC(C)=O)c(OC)cc5c24)CCc2c-3cc(OC)c(OC)c2OC)ccc1OC(C)=O. The Hall–Kier alpha value is -5.65. The molecule has 0 fully saturated rings. The van der Waals surface area contributed by atoms with E-state index in [1.807, 2.05) is 10.6 Å². The third-order valence-electron chi connectivity index (χ3n) is 7.93. The normalized spacial score (nSPS) is 11.9. The van der Waals surface area contributed by atoms with Crippen molar-refractivity contribution in [3.63, 3.8) is 0 Å². The van der Waals surface area contributed by atoms with E-state index < -0.39 is 17.6 Å². The van der Waals surface area contributed by atoms with E-state index in [1.54, 1.807) is 38.5 Å². The number of aryl methyl sites for hydroxylation is 1. The van der Waals surface area contributed by atoms with E-state index in [0.29, 0.717) is 69.1 Å². The average molecular weight is 630 g/mol. The number of aromatic nitrogens is 1. The van der Waals surface area contributed by atoms with Gasteiger partial charge in [-0.25, -0.2) is 4.79 Å². The Morgan fingerprint density at radius 1 is 0.739 bits per heavy atom. The molecule has 0 saturated heterocycles. The molecule has 0 amide bonds. The van der Waals surface area contributed by atoms with Crippen LogP contribution in [0.15, 0.2) is 45.6 Å². The maximum absolute atomic E-state index is 13.9. The van der Waals surface area contributed by atoms with E-state index in [0.717, 1.165) is 11.1 Å². The molecule has 6 rings (SSSR count). The third-order valence-corrected chi connectivity index (χ3v) is 7.93. The minimum atomic E-state index is -0.590. The van der Waals surface area contributed by atoms with Crippen LogP contribution in [0, 0.1) is 0 Å². The lowest BCUT2D eigenvalue weighted by Crippen LogP contribution is -2.16. The van der Waals surface area contributed by atoms with Crippen molar-refractivity contribution in [2.45, 2.75) is 26.8 Å². The summed E-state index contributed by atoms with van der Waals surface area (Å²) in [5.41, 5.74) is 3.55. The summed E-state index contributed by atoms with van der Waals surface area (Å²) in [5.74, 6) is 1.27. The quantitative estimate of drug-likeness (QED) is 0.122. The number of nitrogens with zero attached hydrogens (tertiary/aromatic N) is 1. The lowest BCUT2D eigenvalue weighted by Gasteiger charge is -2.25. The van der Waals surface area contributed by atoms with E-state index in [-0.39, 0.29) is 22.8 Å². The number of hydrogen-bond acceptors (Lipinski definition) is 11. The first kappa shape index (κ1) is 30.4. The van der Waals surface area contributed by atoms with E-state index in [2.05, 4.69) is 0 Å². The van der Waals surface area contributed by atoms with Gasteiger partial charge < -0.3 is 42.1 Å². The van der Waals surface area contributed by atoms with Crippen molar-refractivity contribution in [1.29, 1.82) is 0 Å². The van der Waals surface area contributed by atoms with Crippen LogP contribution in [0.4, 0.5) is 0 Å². The Bertz CT molecular complexity index is 2120. The van der Waals surface area contributed by atoms with Gasteiger partial charge in [0, 0.05) is 53.9 Å². The molecule has 12 nitrogen and oxygen atoms in total. The zero-order valence-corrected chi connectivity index (χ0v) is 26.3. The van der Waals surface area contributed by atoms with Gasteiger partial charge in [0.1, 0.15) is 11.1 Å². The molecule has 0 saturated carbocycles. The van der Waals surface area contributed by atoms with Crippen molar-refractivity contribution >= 4 is 33.8 Å². The molecule has 3 aromatic carbocycles. The van der Waals surface area contributed by atoms with Gasteiger partial charge in [0.15, 0.2) is 34.5 Å². The van der Waals surface area contributed by atoms with Gasteiger partial charge in [0.2, 0.25) is 5.75 Å². The van der Waals surface area contributed by atoms with Crippen LogP contribution < -0.4 is 38.8 Å². The molecule has 0 N–H and O–H groups in total. The van der Waals surface area contributed by atoms with Crippen molar-refractivity contribution < 1.29 is 47.2 Å². The number of carbonyl (C=O) groups is 2. The van der Waals surface area contributed by atoms with Crippen LogP contribution in [-0.2, 0) is 22.6 Å². The summed E-state index contributed by atoms with van der Waals surface area (Å²) in [4.78, 5) is 37.5. The first-order chi connectivity index (χ1) is 22.1. The maximum atomic E-state index is 13.9. The Balaban J connectivity index is 1.81. The monoisotopic (exact) mass is 629 g/mol. The molecule has 0 aliphatic carbocycles. The molecular weight excluding hydrogens is 598 g/mol. The Morgan fingerprint density at radius 3 is 2.02 bits per heavy atom. The molecule has 3 heterocycles. The van der Waals surface area contributed by atoms with E-state index >= 15 is 0 Å². The van der Waals surface area contributed by atoms with Gasteiger partial charge in [-0.05, 0) is 36.2 Å². The lowest BCUT2D eigenvalue weighted by atomic mass is 9.91. The molecule has 46 heavy (non-hydrogen) atoms. The van der Waals surface area contributed by atoms with E-state index in [4.69, 9.17) is 37.6 Å². The van der Waals surface area contributed by atoms with Gasteiger partial charge in [0.25, 0.3) is 0 Å². The number of ether oxygens (including phenoxy) is 7. The second-order valence-electron chi connectivity index (χ2n) is 10.5.